The van der Waals surface area contributed by atoms with Gasteiger partial charge < -0.3 is 4.57 Å². The van der Waals surface area contributed by atoms with Crippen molar-refractivity contribution in [1.82, 2.24) is 14.5 Å². The number of benzene rings is 2. The summed E-state index contributed by atoms with van der Waals surface area (Å²) in [5.41, 5.74) is 5.64. The van der Waals surface area contributed by atoms with Crippen LogP contribution in [0.5, 0.6) is 0 Å². The standard InChI is InChI=1S/C26H25F2N3.ClH/c27-20-4-7-22(8-5-20)31-25-9-6-21(28)17-23(25)24-18-30(16-12-26(24)31)15-2-1-3-19-10-13-29-14-11-19;/h4-11,13-14,17H,1-3,12,15-16,18H2;1H. The van der Waals surface area contributed by atoms with E-state index in [1.807, 2.05) is 18.5 Å². The van der Waals surface area contributed by atoms with E-state index in [-0.39, 0.29) is 24.0 Å². The van der Waals surface area contributed by atoms with Crippen molar-refractivity contribution < 1.29 is 8.78 Å². The van der Waals surface area contributed by atoms with E-state index in [1.165, 1.54) is 35.0 Å². The van der Waals surface area contributed by atoms with E-state index in [4.69, 9.17) is 0 Å². The minimum atomic E-state index is -0.252. The first-order valence-electron chi connectivity index (χ1n) is 10.9. The number of aryl methyl sites for hydroxylation is 1. The predicted octanol–water partition coefficient (Wildman–Crippen LogP) is 6.11. The fourth-order valence-electron chi connectivity index (χ4n) is 4.68. The monoisotopic (exact) mass is 453 g/mol. The van der Waals surface area contributed by atoms with Crippen LogP contribution < -0.4 is 0 Å². The Morgan fingerprint density at radius 2 is 1.62 bits per heavy atom. The lowest BCUT2D eigenvalue weighted by Gasteiger charge is -2.28. The molecule has 1 aliphatic heterocycles. The van der Waals surface area contributed by atoms with E-state index in [2.05, 4.69) is 26.6 Å². The van der Waals surface area contributed by atoms with Gasteiger partial charge in [0.15, 0.2) is 0 Å². The van der Waals surface area contributed by atoms with Crippen LogP contribution in [0.2, 0.25) is 0 Å². The molecule has 0 bridgehead atoms. The first-order chi connectivity index (χ1) is 15.2. The normalized spacial score (nSPS) is 13.7. The van der Waals surface area contributed by atoms with Gasteiger partial charge in [-0.3, -0.25) is 9.88 Å². The van der Waals surface area contributed by atoms with E-state index in [1.54, 1.807) is 18.2 Å². The zero-order chi connectivity index (χ0) is 21.2. The minimum absolute atomic E-state index is 0. The zero-order valence-electron chi connectivity index (χ0n) is 17.8. The Labute approximate surface area is 193 Å². The molecule has 5 rings (SSSR count). The number of hydrogen-bond donors (Lipinski definition) is 0. The Kier molecular flexibility index (Phi) is 6.87. The van der Waals surface area contributed by atoms with Crippen LogP contribution >= 0.6 is 12.4 Å². The molecule has 0 saturated carbocycles. The van der Waals surface area contributed by atoms with Crippen LogP contribution in [0.15, 0.2) is 67.0 Å². The number of rotatable bonds is 6. The molecule has 0 unspecified atom stereocenters. The van der Waals surface area contributed by atoms with Gasteiger partial charge in [-0.05, 0) is 91.5 Å². The van der Waals surface area contributed by atoms with Crippen molar-refractivity contribution in [2.75, 3.05) is 13.1 Å². The van der Waals surface area contributed by atoms with Crippen molar-refractivity contribution in [2.45, 2.75) is 32.2 Å². The van der Waals surface area contributed by atoms with Gasteiger partial charge >= 0.3 is 0 Å². The molecule has 2 aromatic heterocycles. The van der Waals surface area contributed by atoms with Crippen LogP contribution in [0.25, 0.3) is 16.6 Å². The molecule has 1 aliphatic rings. The molecular formula is C26H26ClF2N3. The fourth-order valence-corrected chi connectivity index (χ4v) is 4.68. The Morgan fingerprint density at radius 1 is 0.875 bits per heavy atom. The van der Waals surface area contributed by atoms with Crippen LogP contribution in [-0.2, 0) is 19.4 Å². The predicted molar refractivity (Wildman–Crippen MR) is 127 cm³/mol. The minimum Gasteiger partial charge on any atom is -0.313 e. The average Bonchev–Trinajstić information content (AvgIpc) is 3.11. The molecule has 3 heterocycles. The number of nitrogens with zero attached hydrogens (tertiary/aromatic N) is 3. The number of fused-ring (bicyclic) bond motifs is 3. The summed E-state index contributed by atoms with van der Waals surface area (Å²) >= 11 is 0. The molecule has 3 nitrogen and oxygen atoms in total. The van der Waals surface area contributed by atoms with E-state index >= 15 is 0 Å². The van der Waals surface area contributed by atoms with Crippen LogP contribution in [0.3, 0.4) is 0 Å². The maximum atomic E-state index is 14.1. The highest BCUT2D eigenvalue weighted by Gasteiger charge is 2.24. The highest BCUT2D eigenvalue weighted by molar-refractivity contribution is 5.87. The first-order valence-corrected chi connectivity index (χ1v) is 10.9. The van der Waals surface area contributed by atoms with E-state index in [0.29, 0.717) is 0 Å². The summed E-state index contributed by atoms with van der Waals surface area (Å²) in [5, 5.41) is 0.959. The quantitative estimate of drug-likeness (QED) is 0.328. The van der Waals surface area contributed by atoms with Gasteiger partial charge in [-0.25, -0.2) is 8.78 Å². The first kappa shape index (κ1) is 22.4. The number of halogens is 3. The highest BCUT2D eigenvalue weighted by atomic mass is 35.5. The van der Waals surface area contributed by atoms with Gasteiger partial charge in [0.2, 0.25) is 0 Å². The summed E-state index contributed by atoms with van der Waals surface area (Å²) in [6, 6.07) is 15.7. The second-order valence-corrected chi connectivity index (χ2v) is 8.24. The third-order valence-corrected chi connectivity index (χ3v) is 6.21. The molecule has 0 radical (unpaired) electrons. The SMILES string of the molecule is Cl.Fc1ccc(-n2c3c(c4cc(F)ccc42)CN(CCCCc2ccncc2)CC3)cc1. The molecule has 0 fully saturated rings. The fraction of sp³-hybridized carbons (Fsp3) is 0.269. The topological polar surface area (TPSA) is 21.1 Å². The average molecular weight is 454 g/mol. The number of pyridine rings is 1. The van der Waals surface area contributed by atoms with Crippen molar-refractivity contribution in [3.05, 3.63) is 95.4 Å². The molecule has 32 heavy (non-hydrogen) atoms. The lowest BCUT2D eigenvalue weighted by atomic mass is 10.0. The van der Waals surface area contributed by atoms with E-state index in [0.717, 1.165) is 61.9 Å². The summed E-state index contributed by atoms with van der Waals surface area (Å²) in [6.45, 7) is 2.82. The molecule has 0 N–H and O–H groups in total. The largest absolute Gasteiger partial charge is 0.313 e. The number of hydrogen-bond acceptors (Lipinski definition) is 2. The van der Waals surface area contributed by atoms with Crippen molar-refractivity contribution >= 4 is 23.3 Å². The Morgan fingerprint density at radius 3 is 2.41 bits per heavy atom. The van der Waals surface area contributed by atoms with Crippen LogP contribution in [0, 0.1) is 11.6 Å². The number of aromatic nitrogens is 2. The van der Waals surface area contributed by atoms with Crippen molar-refractivity contribution in [3.63, 3.8) is 0 Å². The van der Waals surface area contributed by atoms with Crippen LogP contribution in [-0.4, -0.2) is 27.5 Å². The van der Waals surface area contributed by atoms with Gasteiger partial charge in [0.1, 0.15) is 11.6 Å². The van der Waals surface area contributed by atoms with Crippen LogP contribution in [0.1, 0.15) is 29.7 Å². The van der Waals surface area contributed by atoms with Gasteiger partial charge in [0, 0.05) is 48.7 Å². The third-order valence-electron chi connectivity index (χ3n) is 6.21. The molecule has 166 valence electrons. The Hall–Kier alpha value is -2.76. The van der Waals surface area contributed by atoms with E-state index < -0.39 is 0 Å². The summed E-state index contributed by atoms with van der Waals surface area (Å²) < 4.78 is 29.7. The maximum Gasteiger partial charge on any atom is 0.123 e. The second-order valence-electron chi connectivity index (χ2n) is 8.24. The van der Waals surface area contributed by atoms with Crippen LogP contribution in [0.4, 0.5) is 8.78 Å². The smallest absolute Gasteiger partial charge is 0.123 e. The van der Waals surface area contributed by atoms with Crippen molar-refractivity contribution in [3.8, 4) is 5.69 Å². The Balaban J connectivity index is 0.00000245. The Bertz CT molecular complexity index is 1190. The summed E-state index contributed by atoms with van der Waals surface area (Å²) in [4.78, 5) is 6.54. The summed E-state index contributed by atoms with van der Waals surface area (Å²) in [6.07, 6.45) is 7.92. The lowest BCUT2D eigenvalue weighted by molar-refractivity contribution is 0.248. The van der Waals surface area contributed by atoms with Gasteiger partial charge in [-0.2, -0.15) is 0 Å². The van der Waals surface area contributed by atoms with E-state index in [9.17, 15) is 8.78 Å². The molecule has 0 amide bonds. The molecule has 0 atom stereocenters. The molecule has 0 aliphatic carbocycles. The molecule has 4 aromatic rings. The summed E-state index contributed by atoms with van der Waals surface area (Å²) in [5.74, 6) is -0.473. The maximum absolute atomic E-state index is 14.1. The second kappa shape index (κ2) is 9.80. The zero-order valence-corrected chi connectivity index (χ0v) is 18.6. The van der Waals surface area contributed by atoms with Gasteiger partial charge in [-0.15, -0.1) is 12.4 Å². The molecule has 6 heteroatoms. The van der Waals surface area contributed by atoms with Gasteiger partial charge in [0.25, 0.3) is 0 Å². The van der Waals surface area contributed by atoms with Gasteiger partial charge in [-0.1, -0.05) is 0 Å². The molecular weight excluding hydrogens is 428 g/mol. The van der Waals surface area contributed by atoms with Gasteiger partial charge in [0.05, 0.1) is 5.52 Å². The highest BCUT2D eigenvalue weighted by Crippen LogP contribution is 2.34. The molecule has 2 aromatic carbocycles. The third kappa shape index (κ3) is 4.54. The van der Waals surface area contributed by atoms with Crippen molar-refractivity contribution in [1.29, 1.82) is 0 Å². The molecule has 0 saturated heterocycles. The molecule has 0 spiro atoms. The van der Waals surface area contributed by atoms with Crippen molar-refractivity contribution in [2.24, 2.45) is 0 Å². The lowest BCUT2D eigenvalue weighted by Crippen LogP contribution is -2.31. The summed E-state index contributed by atoms with van der Waals surface area (Å²) in [7, 11) is 0. The number of unbranched alkanes of at least 4 members (excludes halogenated alkanes) is 1.